The lowest BCUT2D eigenvalue weighted by Gasteiger charge is -2.49. The molecule has 2 bridgehead atoms. The van der Waals surface area contributed by atoms with Crippen LogP contribution in [0.3, 0.4) is 0 Å². The van der Waals surface area contributed by atoms with Crippen LogP contribution in [0.15, 0.2) is 11.3 Å². The molecular weight excluding hydrogens is 238 g/mol. The smallest absolute Gasteiger partial charge is 0.241 e. The Morgan fingerprint density at radius 1 is 1.26 bits per heavy atom. The molecule has 106 valence electrons. The molecule has 2 atom stereocenters. The highest BCUT2D eigenvalue weighted by Crippen LogP contribution is 2.49. The molecule has 1 fully saturated rings. The second-order valence-electron chi connectivity index (χ2n) is 7.67. The normalized spacial score (nSPS) is 37.1. The Kier molecular flexibility index (Phi) is 2.83. The number of ketones is 1. The highest BCUT2D eigenvalue weighted by atomic mass is 16.5. The van der Waals surface area contributed by atoms with Crippen molar-refractivity contribution in [1.82, 2.24) is 0 Å². The molecule has 1 saturated carbocycles. The summed E-state index contributed by atoms with van der Waals surface area (Å²) in [5, 5.41) is 0. The summed E-state index contributed by atoms with van der Waals surface area (Å²) in [7, 11) is 4.37. The third kappa shape index (κ3) is 2.03. The van der Waals surface area contributed by atoms with Gasteiger partial charge in [-0.1, -0.05) is 13.8 Å². The molecule has 19 heavy (non-hydrogen) atoms. The Bertz CT molecular complexity index is 450. The van der Waals surface area contributed by atoms with Gasteiger partial charge in [0.15, 0.2) is 5.78 Å². The average molecular weight is 264 g/mol. The maximum absolute atomic E-state index is 12.5. The molecule has 3 aliphatic rings. The molecule has 0 amide bonds. The lowest BCUT2D eigenvalue weighted by Crippen LogP contribution is -3.16. The summed E-state index contributed by atoms with van der Waals surface area (Å²) < 4.78 is 6.44. The molecule has 0 aromatic carbocycles. The predicted octanol–water partition coefficient (Wildman–Crippen LogP) is 1.69. The molecule has 3 rings (SSSR count). The van der Waals surface area contributed by atoms with Crippen molar-refractivity contribution >= 4 is 5.78 Å². The highest BCUT2D eigenvalue weighted by molar-refractivity contribution is 5.97. The van der Waals surface area contributed by atoms with Crippen LogP contribution in [-0.4, -0.2) is 25.6 Å². The van der Waals surface area contributed by atoms with Crippen LogP contribution in [0.25, 0.3) is 0 Å². The van der Waals surface area contributed by atoms with Gasteiger partial charge in [0.05, 0.1) is 14.1 Å². The van der Waals surface area contributed by atoms with E-state index in [4.69, 9.17) is 4.74 Å². The number of hydrogen-bond acceptors (Lipinski definition) is 2. The second-order valence-corrected chi connectivity index (χ2v) is 7.67. The van der Waals surface area contributed by atoms with E-state index in [1.165, 1.54) is 17.7 Å². The van der Waals surface area contributed by atoms with Gasteiger partial charge in [-0.2, -0.15) is 0 Å². The van der Waals surface area contributed by atoms with Gasteiger partial charge in [-0.05, 0) is 18.3 Å². The Morgan fingerprint density at radius 3 is 2.68 bits per heavy atom. The Morgan fingerprint density at radius 2 is 2.00 bits per heavy atom. The van der Waals surface area contributed by atoms with E-state index in [1.54, 1.807) is 0 Å². The van der Waals surface area contributed by atoms with Crippen LogP contribution >= 0.6 is 0 Å². The standard InChI is InChI=1S/C16H25NO2/c1-15(2)9-12(18)14-11-6-5-7-16(8-11,17(3)4)19-13(14)10-15/h11H,5-10H2,1-4H3/p+1/t11-,16+/m0/s1. The predicted molar refractivity (Wildman–Crippen MR) is 73.6 cm³/mol. The lowest BCUT2D eigenvalue weighted by molar-refractivity contribution is -0.946. The first-order valence-electron chi connectivity index (χ1n) is 7.59. The summed E-state index contributed by atoms with van der Waals surface area (Å²) >= 11 is 0. The molecule has 0 aromatic rings. The van der Waals surface area contributed by atoms with Crippen LogP contribution in [0, 0.1) is 11.3 Å². The van der Waals surface area contributed by atoms with Gasteiger partial charge >= 0.3 is 0 Å². The van der Waals surface area contributed by atoms with Crippen LogP contribution in [0.5, 0.6) is 0 Å². The van der Waals surface area contributed by atoms with Crippen molar-refractivity contribution in [3.63, 3.8) is 0 Å². The van der Waals surface area contributed by atoms with Crippen molar-refractivity contribution < 1.29 is 14.4 Å². The van der Waals surface area contributed by atoms with E-state index in [0.29, 0.717) is 18.1 Å². The SMILES string of the molecule is C[NH+](C)[C@@]12CCC[C@@H](C1)C1=C(CC(C)(C)CC1=O)O2. The molecule has 0 spiro atoms. The first-order valence-corrected chi connectivity index (χ1v) is 7.59. The first-order chi connectivity index (χ1) is 8.83. The fourth-order valence-corrected chi connectivity index (χ4v) is 4.19. The Hall–Kier alpha value is -0.830. The van der Waals surface area contributed by atoms with Crippen molar-refractivity contribution in [2.45, 2.75) is 58.1 Å². The molecule has 3 nitrogen and oxygen atoms in total. The van der Waals surface area contributed by atoms with Crippen LogP contribution in [0.1, 0.15) is 52.4 Å². The van der Waals surface area contributed by atoms with Gasteiger partial charge < -0.3 is 9.64 Å². The minimum Gasteiger partial charge on any atom is -0.444 e. The van der Waals surface area contributed by atoms with Crippen molar-refractivity contribution in [1.29, 1.82) is 0 Å². The van der Waals surface area contributed by atoms with E-state index >= 15 is 0 Å². The quantitative estimate of drug-likeness (QED) is 0.781. The summed E-state index contributed by atoms with van der Waals surface area (Å²) in [6.07, 6.45) is 6.12. The molecular formula is C16H26NO2+. The van der Waals surface area contributed by atoms with E-state index in [-0.39, 0.29) is 11.1 Å². The van der Waals surface area contributed by atoms with E-state index < -0.39 is 0 Å². The van der Waals surface area contributed by atoms with E-state index in [2.05, 4.69) is 27.9 Å². The van der Waals surface area contributed by atoms with Crippen molar-refractivity contribution in [2.24, 2.45) is 11.3 Å². The number of hydrogen-bond donors (Lipinski definition) is 1. The van der Waals surface area contributed by atoms with Crippen molar-refractivity contribution in [2.75, 3.05) is 14.1 Å². The molecule has 3 heteroatoms. The number of ether oxygens (including phenoxy) is 1. The Labute approximate surface area is 116 Å². The molecule has 1 N–H and O–H groups in total. The van der Waals surface area contributed by atoms with E-state index in [0.717, 1.165) is 30.6 Å². The zero-order chi connectivity index (χ0) is 13.8. The maximum atomic E-state index is 12.5. The van der Waals surface area contributed by atoms with Crippen molar-refractivity contribution in [3.8, 4) is 0 Å². The maximum Gasteiger partial charge on any atom is 0.241 e. The third-order valence-corrected chi connectivity index (χ3v) is 5.23. The van der Waals surface area contributed by atoms with E-state index in [1.807, 2.05) is 0 Å². The molecule has 0 aromatic heterocycles. The van der Waals surface area contributed by atoms with E-state index in [9.17, 15) is 4.79 Å². The van der Waals surface area contributed by atoms with Crippen LogP contribution in [-0.2, 0) is 9.53 Å². The molecule has 1 aliphatic heterocycles. The lowest BCUT2D eigenvalue weighted by atomic mass is 9.67. The van der Waals surface area contributed by atoms with Gasteiger partial charge in [-0.25, -0.2) is 0 Å². The zero-order valence-corrected chi connectivity index (χ0v) is 12.6. The van der Waals surface area contributed by atoms with Gasteiger partial charge in [0.2, 0.25) is 5.72 Å². The summed E-state index contributed by atoms with van der Waals surface area (Å²) in [6.45, 7) is 4.36. The topological polar surface area (TPSA) is 30.7 Å². The zero-order valence-electron chi connectivity index (χ0n) is 12.6. The number of carbonyl (C=O) groups is 1. The third-order valence-electron chi connectivity index (χ3n) is 5.23. The Balaban J connectivity index is 2.02. The molecule has 1 heterocycles. The first kappa shape index (κ1) is 13.2. The molecule has 0 saturated heterocycles. The fraction of sp³-hybridized carbons (Fsp3) is 0.812. The van der Waals surface area contributed by atoms with Crippen LogP contribution < -0.4 is 4.90 Å². The minimum absolute atomic E-state index is 0.0599. The minimum atomic E-state index is -0.0740. The van der Waals surface area contributed by atoms with Gasteiger partial charge in [-0.3, -0.25) is 4.79 Å². The number of nitrogens with one attached hydrogen (secondary N) is 1. The number of rotatable bonds is 1. The number of carbonyl (C=O) groups excluding carboxylic acids is 1. The second kappa shape index (κ2) is 4.08. The average Bonchev–Trinajstić information content (AvgIpc) is 2.25. The summed E-state index contributed by atoms with van der Waals surface area (Å²) in [4.78, 5) is 13.8. The molecule has 0 radical (unpaired) electrons. The molecule has 0 unspecified atom stereocenters. The highest BCUT2D eigenvalue weighted by Gasteiger charge is 2.52. The summed E-state index contributed by atoms with van der Waals surface area (Å²) in [5.74, 6) is 1.83. The summed E-state index contributed by atoms with van der Waals surface area (Å²) in [6, 6.07) is 0. The summed E-state index contributed by atoms with van der Waals surface area (Å²) in [5.41, 5.74) is 1.04. The van der Waals surface area contributed by atoms with Crippen LogP contribution in [0.4, 0.5) is 0 Å². The largest absolute Gasteiger partial charge is 0.444 e. The number of allylic oxidation sites excluding steroid dienone is 2. The number of quaternary nitrogens is 1. The monoisotopic (exact) mass is 264 g/mol. The number of Topliss-reactive ketones (excluding diaryl/α,β-unsaturated/α-hetero) is 1. The fourth-order valence-electron chi connectivity index (χ4n) is 4.19. The van der Waals surface area contributed by atoms with Gasteiger partial charge in [-0.15, -0.1) is 0 Å². The molecule has 2 aliphatic carbocycles. The van der Waals surface area contributed by atoms with Crippen molar-refractivity contribution in [3.05, 3.63) is 11.3 Å². The van der Waals surface area contributed by atoms with Gasteiger partial charge in [0, 0.05) is 37.2 Å². The van der Waals surface area contributed by atoms with Crippen LogP contribution in [0.2, 0.25) is 0 Å². The number of fused-ring (bicyclic) bond motifs is 3. The van der Waals surface area contributed by atoms with Gasteiger partial charge in [0.25, 0.3) is 0 Å². The van der Waals surface area contributed by atoms with Gasteiger partial charge in [0.1, 0.15) is 5.76 Å².